The standard InChI is InChI=1S/C13H17NO3/c1-7-5-10(6-11(16)12(7)14)17-13(8(2)15)9-3-4-9/h5-6,9,13,16H,3-4,14H2,1-2H3/t13-/m0/s1. The molecule has 4 nitrogen and oxygen atoms in total. The quantitative estimate of drug-likeness (QED) is 0.618. The van der Waals surface area contributed by atoms with Crippen LogP contribution in [0.3, 0.4) is 0 Å². The summed E-state index contributed by atoms with van der Waals surface area (Å²) < 4.78 is 5.65. The number of phenols is 1. The Morgan fingerprint density at radius 1 is 1.53 bits per heavy atom. The minimum atomic E-state index is -0.391. The first-order chi connectivity index (χ1) is 7.99. The number of hydrogen-bond acceptors (Lipinski definition) is 4. The number of phenolic OH excluding ortho intramolecular Hbond substituents is 1. The Kier molecular flexibility index (Phi) is 2.96. The lowest BCUT2D eigenvalue weighted by Crippen LogP contribution is -2.27. The summed E-state index contributed by atoms with van der Waals surface area (Å²) >= 11 is 0. The van der Waals surface area contributed by atoms with Crippen LogP contribution in [0.5, 0.6) is 11.5 Å². The van der Waals surface area contributed by atoms with Crippen LogP contribution in [0.1, 0.15) is 25.3 Å². The van der Waals surface area contributed by atoms with Crippen LogP contribution >= 0.6 is 0 Å². The maximum atomic E-state index is 11.5. The summed E-state index contributed by atoms with van der Waals surface area (Å²) in [6.45, 7) is 3.33. The summed E-state index contributed by atoms with van der Waals surface area (Å²) in [7, 11) is 0. The zero-order chi connectivity index (χ0) is 12.6. The van der Waals surface area contributed by atoms with E-state index in [2.05, 4.69) is 0 Å². The van der Waals surface area contributed by atoms with E-state index in [1.807, 2.05) is 0 Å². The van der Waals surface area contributed by atoms with Gasteiger partial charge in [-0.15, -0.1) is 0 Å². The molecule has 0 spiro atoms. The third-order valence-corrected chi connectivity index (χ3v) is 3.05. The van der Waals surface area contributed by atoms with E-state index in [0.29, 0.717) is 17.4 Å². The predicted octanol–water partition coefficient (Wildman–Crippen LogP) is 2.03. The molecule has 0 aromatic heterocycles. The van der Waals surface area contributed by atoms with Crippen LogP contribution in [0.25, 0.3) is 0 Å². The molecule has 92 valence electrons. The number of carbonyl (C=O) groups excluding carboxylic acids is 1. The zero-order valence-corrected chi connectivity index (χ0v) is 10.1. The summed E-state index contributed by atoms with van der Waals surface area (Å²) in [6, 6.07) is 3.20. The molecule has 0 radical (unpaired) electrons. The first-order valence-corrected chi connectivity index (χ1v) is 5.75. The van der Waals surface area contributed by atoms with Crippen molar-refractivity contribution in [3.63, 3.8) is 0 Å². The maximum absolute atomic E-state index is 11.5. The van der Waals surface area contributed by atoms with E-state index in [1.165, 1.54) is 13.0 Å². The number of benzene rings is 1. The van der Waals surface area contributed by atoms with Gasteiger partial charge in [-0.3, -0.25) is 4.79 Å². The molecule has 17 heavy (non-hydrogen) atoms. The molecule has 1 saturated carbocycles. The molecule has 0 unspecified atom stereocenters. The van der Waals surface area contributed by atoms with Gasteiger partial charge in [-0.1, -0.05) is 0 Å². The van der Waals surface area contributed by atoms with Crippen molar-refractivity contribution in [3.8, 4) is 11.5 Å². The fourth-order valence-corrected chi connectivity index (χ4v) is 1.87. The van der Waals surface area contributed by atoms with Gasteiger partial charge in [0, 0.05) is 12.0 Å². The van der Waals surface area contributed by atoms with E-state index < -0.39 is 6.10 Å². The molecule has 0 bridgehead atoms. The van der Waals surface area contributed by atoms with E-state index in [9.17, 15) is 9.90 Å². The number of nitrogen functional groups attached to an aromatic ring is 1. The summed E-state index contributed by atoms with van der Waals surface area (Å²) in [6.07, 6.45) is 1.67. The van der Waals surface area contributed by atoms with Gasteiger partial charge in [0.1, 0.15) is 11.5 Å². The van der Waals surface area contributed by atoms with Gasteiger partial charge in [0.2, 0.25) is 0 Å². The van der Waals surface area contributed by atoms with Crippen molar-refractivity contribution in [2.75, 3.05) is 5.73 Å². The van der Waals surface area contributed by atoms with E-state index in [0.717, 1.165) is 18.4 Å². The minimum Gasteiger partial charge on any atom is -0.506 e. The number of ketones is 1. The van der Waals surface area contributed by atoms with Gasteiger partial charge in [-0.05, 0) is 38.3 Å². The molecule has 1 fully saturated rings. The number of anilines is 1. The Bertz CT molecular complexity index is 429. The monoisotopic (exact) mass is 235 g/mol. The first kappa shape index (κ1) is 11.8. The highest BCUT2D eigenvalue weighted by atomic mass is 16.5. The van der Waals surface area contributed by atoms with E-state index in [4.69, 9.17) is 10.5 Å². The second-order valence-electron chi connectivity index (χ2n) is 4.66. The fraction of sp³-hybridized carbons (Fsp3) is 0.462. The van der Waals surface area contributed by atoms with Gasteiger partial charge >= 0.3 is 0 Å². The first-order valence-electron chi connectivity index (χ1n) is 5.75. The molecule has 1 aromatic rings. The third kappa shape index (κ3) is 2.52. The van der Waals surface area contributed by atoms with Crippen molar-refractivity contribution in [3.05, 3.63) is 17.7 Å². The molecule has 0 amide bonds. The molecule has 0 saturated heterocycles. The van der Waals surface area contributed by atoms with Gasteiger partial charge < -0.3 is 15.6 Å². The van der Waals surface area contributed by atoms with Gasteiger partial charge in [-0.25, -0.2) is 0 Å². The number of carbonyl (C=O) groups is 1. The van der Waals surface area contributed by atoms with Crippen LogP contribution in [-0.2, 0) is 4.79 Å². The van der Waals surface area contributed by atoms with Crippen molar-refractivity contribution in [1.82, 2.24) is 0 Å². The normalized spacial score (nSPS) is 16.6. The Morgan fingerprint density at radius 3 is 2.65 bits per heavy atom. The van der Waals surface area contributed by atoms with Crippen molar-refractivity contribution < 1.29 is 14.6 Å². The van der Waals surface area contributed by atoms with Crippen LogP contribution < -0.4 is 10.5 Å². The number of Topliss-reactive ketones (excluding diaryl/α,β-unsaturated/α-hetero) is 1. The Morgan fingerprint density at radius 2 is 2.18 bits per heavy atom. The van der Waals surface area contributed by atoms with E-state index in [1.54, 1.807) is 13.0 Å². The Hall–Kier alpha value is -1.71. The second kappa shape index (κ2) is 4.28. The van der Waals surface area contributed by atoms with Crippen molar-refractivity contribution in [1.29, 1.82) is 0 Å². The fourth-order valence-electron chi connectivity index (χ4n) is 1.87. The molecule has 4 heteroatoms. The maximum Gasteiger partial charge on any atom is 0.170 e. The SMILES string of the molecule is CC(=O)[C@H](Oc1cc(C)c(N)c(O)c1)C1CC1. The lowest BCUT2D eigenvalue weighted by molar-refractivity contribution is -0.124. The van der Waals surface area contributed by atoms with Crippen LogP contribution in [-0.4, -0.2) is 17.0 Å². The van der Waals surface area contributed by atoms with Gasteiger partial charge in [0.05, 0.1) is 5.69 Å². The largest absolute Gasteiger partial charge is 0.506 e. The molecule has 0 aliphatic heterocycles. The van der Waals surface area contributed by atoms with Crippen molar-refractivity contribution in [2.45, 2.75) is 32.8 Å². The Labute approximate surface area is 100 Å². The number of rotatable bonds is 4. The molecule has 1 aliphatic rings. The van der Waals surface area contributed by atoms with Crippen molar-refractivity contribution >= 4 is 11.5 Å². The van der Waals surface area contributed by atoms with Crippen LogP contribution in [0.2, 0.25) is 0 Å². The Balaban J connectivity index is 2.20. The lowest BCUT2D eigenvalue weighted by atomic mass is 10.1. The van der Waals surface area contributed by atoms with Crippen LogP contribution in [0.15, 0.2) is 12.1 Å². The summed E-state index contributed by atoms with van der Waals surface area (Å²) in [5.41, 5.74) is 6.74. The molecular formula is C13H17NO3. The predicted molar refractivity (Wildman–Crippen MR) is 65.1 cm³/mol. The molecular weight excluding hydrogens is 218 g/mol. The molecule has 2 rings (SSSR count). The summed E-state index contributed by atoms with van der Waals surface area (Å²) in [5, 5.41) is 9.60. The highest BCUT2D eigenvalue weighted by Gasteiger charge is 2.36. The number of aryl methyl sites for hydroxylation is 1. The minimum absolute atomic E-state index is 0.00176. The average molecular weight is 235 g/mol. The number of nitrogens with two attached hydrogens (primary N) is 1. The summed E-state index contributed by atoms with van der Waals surface area (Å²) in [5.74, 6) is 0.855. The molecule has 3 N–H and O–H groups in total. The van der Waals surface area contributed by atoms with Gasteiger partial charge in [-0.2, -0.15) is 0 Å². The molecule has 1 atom stereocenters. The molecule has 1 aromatic carbocycles. The second-order valence-corrected chi connectivity index (χ2v) is 4.66. The third-order valence-electron chi connectivity index (χ3n) is 3.05. The molecule has 1 aliphatic carbocycles. The smallest absolute Gasteiger partial charge is 0.170 e. The van der Waals surface area contributed by atoms with Crippen LogP contribution in [0.4, 0.5) is 5.69 Å². The van der Waals surface area contributed by atoms with E-state index in [-0.39, 0.29) is 11.5 Å². The lowest BCUT2D eigenvalue weighted by Gasteiger charge is -2.17. The molecule has 0 heterocycles. The highest BCUT2D eigenvalue weighted by molar-refractivity contribution is 5.81. The van der Waals surface area contributed by atoms with Crippen LogP contribution in [0, 0.1) is 12.8 Å². The van der Waals surface area contributed by atoms with Gasteiger partial charge in [0.15, 0.2) is 11.9 Å². The van der Waals surface area contributed by atoms with Gasteiger partial charge in [0.25, 0.3) is 0 Å². The number of ether oxygens (including phenoxy) is 1. The number of aromatic hydroxyl groups is 1. The van der Waals surface area contributed by atoms with Crippen molar-refractivity contribution in [2.24, 2.45) is 5.92 Å². The zero-order valence-electron chi connectivity index (χ0n) is 10.1. The average Bonchev–Trinajstić information content (AvgIpc) is 3.05. The number of hydrogen-bond donors (Lipinski definition) is 2. The highest BCUT2D eigenvalue weighted by Crippen LogP contribution is 2.37. The van der Waals surface area contributed by atoms with E-state index >= 15 is 0 Å². The topological polar surface area (TPSA) is 72.5 Å². The summed E-state index contributed by atoms with van der Waals surface area (Å²) in [4.78, 5) is 11.5.